The minimum Gasteiger partial charge on any atom is -0.351 e. The van der Waals surface area contributed by atoms with Gasteiger partial charge in [-0.25, -0.2) is 14.4 Å². The molecule has 4 heterocycles. The second kappa shape index (κ2) is 7.29. The Hall–Kier alpha value is -3.26. The lowest BCUT2D eigenvalue weighted by Crippen LogP contribution is -2.46. The van der Waals surface area contributed by atoms with E-state index < -0.39 is 0 Å². The number of imidazole rings is 1. The van der Waals surface area contributed by atoms with Crippen LogP contribution in [0.5, 0.6) is 0 Å². The van der Waals surface area contributed by atoms with E-state index in [9.17, 15) is 4.39 Å². The van der Waals surface area contributed by atoms with Crippen molar-refractivity contribution in [1.29, 1.82) is 0 Å². The molecule has 0 radical (unpaired) electrons. The highest BCUT2D eigenvalue weighted by atomic mass is 19.1. The van der Waals surface area contributed by atoms with Gasteiger partial charge in [0, 0.05) is 69.5 Å². The minimum atomic E-state index is -0.137. The molecule has 1 aliphatic rings. The maximum atomic E-state index is 13.9. The summed E-state index contributed by atoms with van der Waals surface area (Å²) in [6.07, 6.45) is 9.43. The summed E-state index contributed by atoms with van der Waals surface area (Å²) < 4.78 is 17.8. The lowest BCUT2D eigenvalue weighted by molar-refractivity contribution is 0.246. The first-order chi connectivity index (χ1) is 14.2. The zero-order valence-corrected chi connectivity index (χ0v) is 16.2. The molecule has 0 amide bonds. The van der Waals surface area contributed by atoms with Crippen LogP contribution in [0, 0.1) is 5.82 Å². The van der Waals surface area contributed by atoms with Gasteiger partial charge in [0.2, 0.25) is 0 Å². The topological polar surface area (TPSA) is 54.5 Å². The summed E-state index contributed by atoms with van der Waals surface area (Å²) in [5, 5.41) is 4.26. The molecule has 148 valence electrons. The van der Waals surface area contributed by atoms with Crippen LogP contribution >= 0.6 is 0 Å². The van der Waals surface area contributed by atoms with Gasteiger partial charge in [0.1, 0.15) is 5.82 Å². The Bertz CT molecular complexity index is 1140. The fourth-order valence-electron chi connectivity index (χ4n) is 3.88. The maximum absolute atomic E-state index is 13.9. The predicted molar refractivity (Wildman–Crippen MR) is 109 cm³/mol. The van der Waals surface area contributed by atoms with Gasteiger partial charge in [-0.3, -0.25) is 14.0 Å². The molecule has 0 aliphatic carbocycles. The molecule has 8 heteroatoms. The van der Waals surface area contributed by atoms with Crippen molar-refractivity contribution < 1.29 is 4.39 Å². The zero-order chi connectivity index (χ0) is 19.8. The van der Waals surface area contributed by atoms with Crippen LogP contribution in [0.2, 0.25) is 0 Å². The van der Waals surface area contributed by atoms with Gasteiger partial charge in [0.15, 0.2) is 11.5 Å². The largest absolute Gasteiger partial charge is 0.351 e. The number of anilines is 1. The van der Waals surface area contributed by atoms with Crippen LogP contribution in [0.4, 0.5) is 10.2 Å². The second-order valence-electron chi connectivity index (χ2n) is 7.35. The third kappa shape index (κ3) is 3.36. The first kappa shape index (κ1) is 17.8. The number of rotatable bonds is 4. The van der Waals surface area contributed by atoms with Gasteiger partial charge in [-0.1, -0.05) is 18.2 Å². The molecule has 1 aliphatic heterocycles. The van der Waals surface area contributed by atoms with Gasteiger partial charge < -0.3 is 4.90 Å². The van der Waals surface area contributed by atoms with Crippen LogP contribution in [-0.4, -0.2) is 55.2 Å². The van der Waals surface area contributed by atoms with E-state index in [0.717, 1.165) is 54.5 Å². The van der Waals surface area contributed by atoms with E-state index in [4.69, 9.17) is 0 Å². The Morgan fingerprint density at radius 3 is 2.62 bits per heavy atom. The number of halogens is 1. The van der Waals surface area contributed by atoms with Crippen molar-refractivity contribution in [1.82, 2.24) is 29.0 Å². The first-order valence-corrected chi connectivity index (χ1v) is 9.71. The van der Waals surface area contributed by atoms with E-state index in [1.807, 2.05) is 50.2 Å². The molecule has 29 heavy (non-hydrogen) atoms. The highest BCUT2D eigenvalue weighted by Gasteiger charge is 2.22. The van der Waals surface area contributed by atoms with Crippen molar-refractivity contribution in [3.63, 3.8) is 0 Å². The number of aryl methyl sites for hydroxylation is 1. The van der Waals surface area contributed by atoms with Gasteiger partial charge in [-0.15, -0.1) is 0 Å². The van der Waals surface area contributed by atoms with Crippen molar-refractivity contribution in [2.75, 3.05) is 31.1 Å². The molecule has 5 rings (SSSR count). The van der Waals surface area contributed by atoms with Gasteiger partial charge >= 0.3 is 0 Å². The molecule has 1 fully saturated rings. The van der Waals surface area contributed by atoms with Crippen molar-refractivity contribution in [2.24, 2.45) is 7.05 Å². The van der Waals surface area contributed by atoms with E-state index in [0.29, 0.717) is 6.54 Å². The van der Waals surface area contributed by atoms with Crippen molar-refractivity contribution in [2.45, 2.75) is 6.54 Å². The number of aromatic nitrogens is 5. The summed E-state index contributed by atoms with van der Waals surface area (Å²) in [6, 6.07) is 6.99. The average molecular weight is 391 g/mol. The van der Waals surface area contributed by atoms with Crippen LogP contribution in [0.3, 0.4) is 0 Å². The van der Waals surface area contributed by atoms with Gasteiger partial charge in [0.05, 0.1) is 18.1 Å². The summed E-state index contributed by atoms with van der Waals surface area (Å²) in [7, 11) is 1.90. The molecule has 0 N–H and O–H groups in total. The summed E-state index contributed by atoms with van der Waals surface area (Å²) in [5.74, 6) is 0.745. The van der Waals surface area contributed by atoms with E-state index >= 15 is 0 Å². The summed E-state index contributed by atoms with van der Waals surface area (Å²) in [6.45, 7) is 4.00. The fraction of sp³-hybridized carbons (Fsp3) is 0.286. The normalized spacial score (nSPS) is 15.3. The summed E-state index contributed by atoms with van der Waals surface area (Å²) in [5.41, 5.74) is 3.60. The van der Waals surface area contributed by atoms with E-state index in [-0.39, 0.29) is 5.82 Å². The van der Waals surface area contributed by atoms with Crippen molar-refractivity contribution >= 4 is 11.5 Å². The van der Waals surface area contributed by atoms with Gasteiger partial charge in [-0.05, 0) is 6.07 Å². The maximum Gasteiger partial charge on any atom is 0.180 e. The highest BCUT2D eigenvalue weighted by molar-refractivity contribution is 5.70. The molecule has 0 spiro atoms. The number of hydrogen-bond acceptors (Lipinski definition) is 5. The van der Waals surface area contributed by atoms with E-state index in [1.54, 1.807) is 10.7 Å². The molecule has 3 aromatic heterocycles. The molecular weight excluding hydrogens is 369 g/mol. The van der Waals surface area contributed by atoms with Crippen LogP contribution in [-0.2, 0) is 13.6 Å². The van der Waals surface area contributed by atoms with E-state index in [2.05, 4.69) is 29.3 Å². The summed E-state index contributed by atoms with van der Waals surface area (Å²) in [4.78, 5) is 13.8. The monoisotopic (exact) mass is 391 g/mol. The predicted octanol–water partition coefficient (Wildman–Crippen LogP) is 2.59. The zero-order valence-electron chi connectivity index (χ0n) is 16.2. The Morgan fingerprint density at radius 2 is 1.86 bits per heavy atom. The van der Waals surface area contributed by atoms with Crippen LogP contribution in [0.25, 0.3) is 16.9 Å². The van der Waals surface area contributed by atoms with E-state index in [1.165, 1.54) is 6.07 Å². The molecule has 4 aromatic rings. The molecule has 0 unspecified atom stereocenters. The molecule has 1 aromatic carbocycles. The number of hydrogen-bond donors (Lipinski definition) is 0. The lowest BCUT2D eigenvalue weighted by Gasteiger charge is -2.35. The second-order valence-corrected chi connectivity index (χ2v) is 7.35. The quantitative estimate of drug-likeness (QED) is 0.535. The SMILES string of the molecule is Cn1cc(-c2cnc3c(N4CCN(Cc5ccccc5F)CC4)nccn23)cn1. The van der Waals surface area contributed by atoms with Crippen molar-refractivity contribution in [3.05, 3.63) is 66.6 Å². The van der Waals surface area contributed by atoms with Crippen molar-refractivity contribution in [3.8, 4) is 11.3 Å². The molecule has 0 saturated carbocycles. The number of fused-ring (bicyclic) bond motifs is 1. The number of piperazine rings is 1. The first-order valence-electron chi connectivity index (χ1n) is 9.71. The highest BCUT2D eigenvalue weighted by Crippen LogP contribution is 2.25. The van der Waals surface area contributed by atoms with Gasteiger partial charge in [0.25, 0.3) is 0 Å². The standard InChI is InChI=1S/C21H22FN7/c1-26-14-17(12-25-26)19-13-24-21-20(23-6-7-29(19)21)28-10-8-27(9-11-28)15-16-4-2-3-5-18(16)22/h2-7,12-14H,8-11,15H2,1H3. The summed E-state index contributed by atoms with van der Waals surface area (Å²) >= 11 is 0. The molecule has 1 saturated heterocycles. The molecular formula is C21H22FN7. The Kier molecular flexibility index (Phi) is 4.48. The Labute approximate surface area is 168 Å². The van der Waals surface area contributed by atoms with Crippen LogP contribution in [0.15, 0.2) is 55.2 Å². The molecule has 7 nitrogen and oxygen atoms in total. The van der Waals surface area contributed by atoms with Gasteiger partial charge in [-0.2, -0.15) is 5.10 Å². The Balaban J connectivity index is 1.34. The molecule has 0 atom stereocenters. The Morgan fingerprint density at radius 1 is 1.03 bits per heavy atom. The number of nitrogens with zero attached hydrogens (tertiary/aromatic N) is 7. The third-order valence-electron chi connectivity index (χ3n) is 5.43. The third-order valence-corrected chi connectivity index (χ3v) is 5.43. The molecule has 0 bridgehead atoms. The fourth-order valence-corrected chi connectivity index (χ4v) is 3.88. The van der Waals surface area contributed by atoms with Crippen LogP contribution in [0.1, 0.15) is 5.56 Å². The average Bonchev–Trinajstić information content (AvgIpc) is 3.36. The number of benzene rings is 1. The smallest absolute Gasteiger partial charge is 0.180 e. The minimum absolute atomic E-state index is 0.137. The lowest BCUT2D eigenvalue weighted by atomic mass is 10.2. The van der Waals surface area contributed by atoms with Crippen LogP contribution < -0.4 is 4.90 Å².